The highest BCUT2D eigenvalue weighted by atomic mass is 16.5. The molecule has 168 valence electrons. The summed E-state index contributed by atoms with van der Waals surface area (Å²) in [6.45, 7) is 0.902. The SMILES string of the molecule is COc1cccc(C(=O)NCC(=N)NC(=O)c2c3ccccc3nn2CCn2ccnc2)c1. The van der Waals surface area contributed by atoms with E-state index < -0.39 is 5.91 Å². The summed E-state index contributed by atoms with van der Waals surface area (Å²) in [6, 6.07) is 14.0. The Labute approximate surface area is 189 Å². The first kappa shape index (κ1) is 21.8. The van der Waals surface area contributed by atoms with E-state index in [1.54, 1.807) is 41.5 Å². The number of hydrogen-bond donors (Lipinski definition) is 3. The predicted octanol–water partition coefficient (Wildman–Crippen LogP) is 2.08. The van der Waals surface area contributed by atoms with Gasteiger partial charge in [0.1, 0.15) is 17.3 Å². The van der Waals surface area contributed by atoms with E-state index >= 15 is 0 Å². The van der Waals surface area contributed by atoms with Gasteiger partial charge < -0.3 is 19.9 Å². The van der Waals surface area contributed by atoms with Crippen molar-refractivity contribution in [1.29, 1.82) is 5.41 Å². The van der Waals surface area contributed by atoms with E-state index in [2.05, 4.69) is 20.7 Å². The molecule has 0 saturated carbocycles. The molecule has 0 spiro atoms. The zero-order valence-corrected chi connectivity index (χ0v) is 18.0. The lowest BCUT2D eigenvalue weighted by Gasteiger charge is -2.11. The Morgan fingerprint density at radius 1 is 1.09 bits per heavy atom. The summed E-state index contributed by atoms with van der Waals surface area (Å²) in [6.07, 6.45) is 5.22. The molecule has 10 heteroatoms. The van der Waals surface area contributed by atoms with Crippen molar-refractivity contribution in [2.45, 2.75) is 13.1 Å². The van der Waals surface area contributed by atoms with Crippen molar-refractivity contribution in [2.75, 3.05) is 13.7 Å². The van der Waals surface area contributed by atoms with E-state index in [9.17, 15) is 9.59 Å². The number of carbonyl (C=O) groups is 2. The van der Waals surface area contributed by atoms with Crippen LogP contribution in [0.2, 0.25) is 0 Å². The number of hydrogen-bond acceptors (Lipinski definition) is 6. The van der Waals surface area contributed by atoms with Crippen LogP contribution in [0, 0.1) is 5.41 Å². The van der Waals surface area contributed by atoms with Crippen LogP contribution in [0.1, 0.15) is 20.8 Å². The van der Waals surface area contributed by atoms with Crippen LogP contribution < -0.4 is 15.4 Å². The van der Waals surface area contributed by atoms with Gasteiger partial charge in [-0.2, -0.15) is 5.10 Å². The molecule has 0 fully saturated rings. The van der Waals surface area contributed by atoms with Crippen molar-refractivity contribution < 1.29 is 14.3 Å². The molecule has 0 unspecified atom stereocenters. The number of imidazole rings is 1. The average Bonchev–Trinajstić information content (AvgIpc) is 3.48. The molecule has 4 rings (SSSR count). The topological polar surface area (TPSA) is 127 Å². The Bertz CT molecular complexity index is 1290. The molecule has 0 atom stereocenters. The molecular weight excluding hydrogens is 422 g/mol. The third-order valence-corrected chi connectivity index (χ3v) is 5.01. The molecule has 3 N–H and O–H groups in total. The van der Waals surface area contributed by atoms with Gasteiger partial charge in [-0.3, -0.25) is 19.7 Å². The molecule has 0 saturated heterocycles. The van der Waals surface area contributed by atoms with Crippen molar-refractivity contribution in [2.24, 2.45) is 0 Å². The third-order valence-electron chi connectivity index (χ3n) is 5.01. The largest absolute Gasteiger partial charge is 0.497 e. The summed E-state index contributed by atoms with van der Waals surface area (Å²) in [4.78, 5) is 29.4. The van der Waals surface area contributed by atoms with Gasteiger partial charge in [0.05, 0.1) is 32.0 Å². The number of fused-ring (bicyclic) bond motifs is 1. The number of aromatic nitrogens is 4. The molecule has 2 amide bonds. The number of amidine groups is 1. The fraction of sp³-hybridized carbons (Fsp3) is 0.174. The monoisotopic (exact) mass is 445 g/mol. The minimum absolute atomic E-state index is 0.136. The Balaban J connectivity index is 1.43. The quantitative estimate of drug-likeness (QED) is 0.283. The molecule has 33 heavy (non-hydrogen) atoms. The van der Waals surface area contributed by atoms with Gasteiger partial charge in [-0.25, -0.2) is 4.98 Å². The van der Waals surface area contributed by atoms with Crippen molar-refractivity contribution in [3.05, 3.63) is 78.5 Å². The molecule has 4 aromatic rings. The molecule has 0 aliphatic carbocycles. The van der Waals surface area contributed by atoms with E-state index in [0.29, 0.717) is 41.0 Å². The standard InChI is InChI=1S/C23H23N7O3/c1-33-17-6-4-5-16(13-17)22(31)26-14-20(24)27-23(32)21-18-7-2-3-8-19(18)28-30(21)12-11-29-10-9-25-15-29/h2-10,13,15H,11-12,14H2,1H3,(H,26,31)(H2,24,27,32). The van der Waals surface area contributed by atoms with Gasteiger partial charge in [0.25, 0.3) is 11.8 Å². The number of rotatable bonds is 8. The van der Waals surface area contributed by atoms with Gasteiger partial charge in [-0.05, 0) is 24.3 Å². The average molecular weight is 445 g/mol. The fourth-order valence-electron chi connectivity index (χ4n) is 3.39. The van der Waals surface area contributed by atoms with Gasteiger partial charge in [-0.1, -0.05) is 24.3 Å². The second-order valence-corrected chi connectivity index (χ2v) is 7.24. The van der Waals surface area contributed by atoms with Crippen molar-refractivity contribution in [1.82, 2.24) is 30.0 Å². The number of aryl methyl sites for hydroxylation is 2. The molecule has 2 heterocycles. The molecule has 0 bridgehead atoms. The first-order valence-corrected chi connectivity index (χ1v) is 10.3. The highest BCUT2D eigenvalue weighted by molar-refractivity contribution is 6.12. The third kappa shape index (κ3) is 5.06. The lowest BCUT2D eigenvalue weighted by molar-refractivity contribution is 0.0945. The summed E-state index contributed by atoms with van der Waals surface area (Å²) in [5, 5.41) is 18.6. The van der Waals surface area contributed by atoms with Crippen LogP contribution in [0.15, 0.2) is 67.3 Å². The molecule has 2 aromatic heterocycles. The molecule has 10 nitrogen and oxygen atoms in total. The number of methoxy groups -OCH3 is 1. The number of amides is 2. The molecule has 0 radical (unpaired) electrons. The van der Waals surface area contributed by atoms with Gasteiger partial charge in [0, 0.05) is 29.9 Å². The lowest BCUT2D eigenvalue weighted by atomic mass is 10.2. The van der Waals surface area contributed by atoms with Crippen LogP contribution in [0.25, 0.3) is 10.9 Å². The summed E-state index contributed by atoms with van der Waals surface area (Å²) in [7, 11) is 1.52. The Kier molecular flexibility index (Phi) is 6.44. The van der Waals surface area contributed by atoms with Crippen LogP contribution >= 0.6 is 0 Å². The molecule has 0 aliphatic rings. The van der Waals surface area contributed by atoms with Crippen molar-refractivity contribution in [3.63, 3.8) is 0 Å². The van der Waals surface area contributed by atoms with Gasteiger partial charge >= 0.3 is 0 Å². The molecule has 2 aromatic carbocycles. The van der Waals surface area contributed by atoms with Crippen LogP contribution in [0.5, 0.6) is 5.75 Å². The van der Waals surface area contributed by atoms with Gasteiger partial charge in [0.2, 0.25) is 0 Å². The maximum atomic E-state index is 13.0. The van der Waals surface area contributed by atoms with Crippen LogP contribution in [-0.2, 0) is 13.1 Å². The number of carbonyl (C=O) groups excluding carboxylic acids is 2. The minimum atomic E-state index is -0.463. The number of nitrogens with one attached hydrogen (secondary N) is 3. The fourth-order valence-corrected chi connectivity index (χ4v) is 3.39. The zero-order chi connectivity index (χ0) is 23.2. The highest BCUT2D eigenvalue weighted by Crippen LogP contribution is 2.18. The second kappa shape index (κ2) is 9.77. The maximum Gasteiger partial charge on any atom is 0.275 e. The smallest absolute Gasteiger partial charge is 0.275 e. The minimum Gasteiger partial charge on any atom is -0.497 e. The van der Waals surface area contributed by atoms with E-state index in [1.807, 2.05) is 35.0 Å². The first-order valence-electron chi connectivity index (χ1n) is 10.3. The Hall–Kier alpha value is -4.47. The van der Waals surface area contributed by atoms with Crippen molar-refractivity contribution >= 4 is 28.6 Å². The van der Waals surface area contributed by atoms with Gasteiger partial charge in [0.15, 0.2) is 0 Å². The number of nitrogens with zero attached hydrogens (tertiary/aromatic N) is 4. The lowest BCUT2D eigenvalue weighted by Crippen LogP contribution is -2.40. The summed E-state index contributed by atoms with van der Waals surface area (Å²) in [5.74, 6) is -0.414. The summed E-state index contributed by atoms with van der Waals surface area (Å²) < 4.78 is 8.64. The molecular formula is C23H23N7O3. The van der Waals surface area contributed by atoms with Crippen LogP contribution in [-0.4, -0.2) is 50.6 Å². The Morgan fingerprint density at radius 2 is 1.94 bits per heavy atom. The first-order chi connectivity index (χ1) is 16.0. The zero-order valence-electron chi connectivity index (χ0n) is 18.0. The summed E-state index contributed by atoms with van der Waals surface area (Å²) in [5.41, 5.74) is 1.44. The van der Waals surface area contributed by atoms with E-state index in [1.165, 1.54) is 7.11 Å². The highest BCUT2D eigenvalue weighted by Gasteiger charge is 2.19. The normalized spacial score (nSPS) is 10.7. The van der Waals surface area contributed by atoms with E-state index in [-0.39, 0.29) is 18.3 Å². The van der Waals surface area contributed by atoms with Crippen molar-refractivity contribution in [3.8, 4) is 5.75 Å². The number of benzene rings is 2. The van der Waals surface area contributed by atoms with E-state index in [0.717, 1.165) is 0 Å². The Morgan fingerprint density at radius 3 is 2.73 bits per heavy atom. The molecule has 0 aliphatic heterocycles. The van der Waals surface area contributed by atoms with Gasteiger partial charge in [-0.15, -0.1) is 0 Å². The maximum absolute atomic E-state index is 13.0. The van der Waals surface area contributed by atoms with Crippen LogP contribution in [0.4, 0.5) is 0 Å². The second-order valence-electron chi connectivity index (χ2n) is 7.24. The predicted molar refractivity (Wildman–Crippen MR) is 122 cm³/mol. The van der Waals surface area contributed by atoms with E-state index in [4.69, 9.17) is 10.1 Å². The van der Waals surface area contributed by atoms with Crippen LogP contribution in [0.3, 0.4) is 0 Å². The summed E-state index contributed by atoms with van der Waals surface area (Å²) >= 11 is 0. The number of ether oxygens (including phenoxy) is 1.